The largest absolute Gasteiger partial charge is 0.353 e. The first-order valence-electron chi connectivity index (χ1n) is 9.36. The molecule has 8 nitrogen and oxygen atoms in total. The molecular formula is C21H18ClFN6O2. The summed E-state index contributed by atoms with van der Waals surface area (Å²) in [6.45, 7) is 3.43. The van der Waals surface area contributed by atoms with Gasteiger partial charge in [0.15, 0.2) is 5.65 Å². The average Bonchev–Trinajstić information content (AvgIpc) is 3.01. The van der Waals surface area contributed by atoms with Gasteiger partial charge in [-0.05, 0) is 44.2 Å². The maximum Gasteiger partial charge on any atom is 0.353 e. The maximum absolute atomic E-state index is 13.3. The molecule has 10 heteroatoms. The number of rotatable bonds is 5. The van der Waals surface area contributed by atoms with Crippen LogP contribution in [0.15, 0.2) is 53.3 Å². The second-order valence-electron chi connectivity index (χ2n) is 7.02. The van der Waals surface area contributed by atoms with Gasteiger partial charge in [0.05, 0.1) is 5.02 Å². The van der Waals surface area contributed by atoms with E-state index in [2.05, 4.69) is 20.7 Å². The van der Waals surface area contributed by atoms with Gasteiger partial charge in [-0.2, -0.15) is 0 Å². The molecule has 1 amide bonds. The van der Waals surface area contributed by atoms with Crippen LogP contribution in [0.5, 0.6) is 0 Å². The lowest BCUT2D eigenvalue weighted by atomic mass is 10.2. The number of aryl methyl sites for hydroxylation is 2. The minimum Gasteiger partial charge on any atom is -0.325 e. The van der Waals surface area contributed by atoms with E-state index in [0.29, 0.717) is 23.0 Å². The number of amides is 1. The van der Waals surface area contributed by atoms with Crippen molar-refractivity contribution in [2.45, 2.75) is 20.4 Å². The number of nitrogens with one attached hydrogen (secondary N) is 2. The second-order valence-corrected chi connectivity index (χ2v) is 7.43. The lowest BCUT2D eigenvalue weighted by Crippen LogP contribution is -2.29. The molecule has 0 atom stereocenters. The predicted octanol–water partition coefficient (Wildman–Crippen LogP) is 3.68. The van der Waals surface area contributed by atoms with Gasteiger partial charge in [0.1, 0.15) is 12.4 Å². The summed E-state index contributed by atoms with van der Waals surface area (Å²) in [7, 11) is 0. The number of hydrogen-bond donors (Lipinski definition) is 2. The van der Waals surface area contributed by atoms with Gasteiger partial charge in [-0.15, -0.1) is 5.10 Å². The van der Waals surface area contributed by atoms with Gasteiger partial charge in [0.2, 0.25) is 11.9 Å². The molecule has 0 saturated carbocycles. The summed E-state index contributed by atoms with van der Waals surface area (Å²) < 4.78 is 15.6. The van der Waals surface area contributed by atoms with Gasteiger partial charge in [-0.25, -0.2) is 23.3 Å². The quantitative estimate of drug-likeness (QED) is 0.493. The first-order valence-corrected chi connectivity index (χ1v) is 9.74. The van der Waals surface area contributed by atoms with Crippen molar-refractivity contribution in [2.75, 3.05) is 10.6 Å². The highest BCUT2D eigenvalue weighted by Gasteiger charge is 2.16. The standard InChI is InChI=1S/C21H18ClFN6O2/c1-12-3-5-14(6-4-12)26-20-24-13(2)9-18-27-28(21(31)29(18)20)11-19(30)25-15-7-8-17(23)16(22)10-15/h3-10H,11H2,1-2H3,(H,24,26)(H,25,30). The first kappa shape index (κ1) is 20.5. The third-order valence-electron chi connectivity index (χ3n) is 4.50. The topological polar surface area (TPSA) is 93.3 Å². The number of aromatic nitrogens is 4. The molecule has 0 fully saturated rings. The van der Waals surface area contributed by atoms with Crippen molar-refractivity contribution in [3.63, 3.8) is 0 Å². The van der Waals surface area contributed by atoms with Crippen LogP contribution in [0.4, 0.5) is 21.7 Å². The molecule has 2 heterocycles. The highest BCUT2D eigenvalue weighted by Crippen LogP contribution is 2.19. The summed E-state index contributed by atoms with van der Waals surface area (Å²) in [6.07, 6.45) is 0. The molecule has 2 aromatic heterocycles. The van der Waals surface area contributed by atoms with Gasteiger partial charge in [-0.3, -0.25) is 4.79 Å². The molecule has 0 aliphatic heterocycles. The number of halogens is 2. The van der Waals surface area contributed by atoms with Crippen molar-refractivity contribution in [3.05, 3.63) is 81.1 Å². The smallest absolute Gasteiger partial charge is 0.325 e. The van der Waals surface area contributed by atoms with E-state index in [4.69, 9.17) is 11.6 Å². The molecule has 0 saturated heterocycles. The highest BCUT2D eigenvalue weighted by atomic mass is 35.5. The van der Waals surface area contributed by atoms with Crippen LogP contribution in [0.1, 0.15) is 11.3 Å². The van der Waals surface area contributed by atoms with Gasteiger partial charge in [0.25, 0.3) is 0 Å². The van der Waals surface area contributed by atoms with Crippen LogP contribution in [-0.4, -0.2) is 25.1 Å². The van der Waals surface area contributed by atoms with Crippen molar-refractivity contribution in [2.24, 2.45) is 0 Å². The molecule has 0 unspecified atom stereocenters. The number of benzene rings is 2. The molecule has 4 aromatic rings. The molecule has 2 N–H and O–H groups in total. The van der Waals surface area contributed by atoms with Gasteiger partial charge < -0.3 is 10.6 Å². The van der Waals surface area contributed by atoms with Crippen LogP contribution in [0, 0.1) is 19.7 Å². The fourth-order valence-electron chi connectivity index (χ4n) is 3.02. The van der Waals surface area contributed by atoms with E-state index in [-0.39, 0.29) is 11.6 Å². The third kappa shape index (κ3) is 4.41. The van der Waals surface area contributed by atoms with Crippen molar-refractivity contribution in [3.8, 4) is 0 Å². The van der Waals surface area contributed by atoms with E-state index in [9.17, 15) is 14.0 Å². The van der Waals surface area contributed by atoms with E-state index >= 15 is 0 Å². The average molecular weight is 441 g/mol. The zero-order chi connectivity index (χ0) is 22.1. The van der Waals surface area contributed by atoms with E-state index in [1.807, 2.05) is 31.2 Å². The number of carbonyl (C=O) groups excluding carboxylic acids is 1. The zero-order valence-electron chi connectivity index (χ0n) is 16.7. The number of fused-ring (bicyclic) bond motifs is 1. The Hall–Kier alpha value is -3.72. The Morgan fingerprint density at radius 2 is 1.81 bits per heavy atom. The number of carbonyl (C=O) groups is 1. The monoisotopic (exact) mass is 440 g/mol. The summed E-state index contributed by atoms with van der Waals surface area (Å²) in [4.78, 5) is 29.7. The van der Waals surface area contributed by atoms with Crippen molar-refractivity contribution >= 4 is 40.5 Å². The van der Waals surface area contributed by atoms with E-state index in [1.54, 1.807) is 13.0 Å². The van der Waals surface area contributed by atoms with E-state index in [1.165, 1.54) is 16.5 Å². The summed E-state index contributed by atoms with van der Waals surface area (Å²) in [6, 6.07) is 13.1. The van der Waals surface area contributed by atoms with Gasteiger partial charge in [-0.1, -0.05) is 29.3 Å². The Kier molecular flexibility index (Phi) is 5.43. The molecule has 0 bridgehead atoms. The number of hydrogen-bond acceptors (Lipinski definition) is 5. The molecular weight excluding hydrogens is 423 g/mol. The molecule has 31 heavy (non-hydrogen) atoms. The fraction of sp³-hybridized carbons (Fsp3) is 0.143. The molecule has 0 aliphatic carbocycles. The Bertz CT molecular complexity index is 1350. The van der Waals surface area contributed by atoms with Crippen LogP contribution in [0.2, 0.25) is 5.02 Å². The summed E-state index contributed by atoms with van der Waals surface area (Å²) >= 11 is 5.73. The Balaban J connectivity index is 1.62. The summed E-state index contributed by atoms with van der Waals surface area (Å²) in [5.74, 6) is -0.806. The highest BCUT2D eigenvalue weighted by molar-refractivity contribution is 6.31. The third-order valence-corrected chi connectivity index (χ3v) is 4.79. The lowest BCUT2D eigenvalue weighted by molar-refractivity contribution is -0.117. The predicted molar refractivity (Wildman–Crippen MR) is 116 cm³/mol. The number of anilines is 3. The Morgan fingerprint density at radius 3 is 2.52 bits per heavy atom. The minimum atomic E-state index is -0.590. The summed E-state index contributed by atoms with van der Waals surface area (Å²) in [5, 5.41) is 9.82. The minimum absolute atomic E-state index is 0.115. The zero-order valence-corrected chi connectivity index (χ0v) is 17.4. The summed E-state index contributed by atoms with van der Waals surface area (Å²) in [5.41, 5.74) is 2.66. The molecule has 0 radical (unpaired) electrons. The fourth-order valence-corrected chi connectivity index (χ4v) is 3.20. The van der Waals surface area contributed by atoms with Crippen LogP contribution in [0.3, 0.4) is 0 Å². The Morgan fingerprint density at radius 1 is 1.10 bits per heavy atom. The van der Waals surface area contributed by atoms with Gasteiger partial charge in [0, 0.05) is 23.1 Å². The van der Waals surface area contributed by atoms with Crippen LogP contribution in [-0.2, 0) is 11.3 Å². The molecule has 4 rings (SSSR count). The van der Waals surface area contributed by atoms with Crippen LogP contribution >= 0.6 is 11.6 Å². The second kappa shape index (κ2) is 8.19. The van der Waals surface area contributed by atoms with E-state index in [0.717, 1.165) is 22.0 Å². The lowest BCUT2D eigenvalue weighted by Gasteiger charge is -2.08. The molecule has 0 aliphatic rings. The van der Waals surface area contributed by atoms with E-state index < -0.39 is 17.4 Å². The van der Waals surface area contributed by atoms with Crippen molar-refractivity contribution < 1.29 is 9.18 Å². The van der Waals surface area contributed by atoms with Crippen molar-refractivity contribution in [1.29, 1.82) is 0 Å². The number of nitrogens with zero attached hydrogens (tertiary/aromatic N) is 4. The first-order chi connectivity index (χ1) is 14.8. The van der Waals surface area contributed by atoms with Crippen LogP contribution in [0.25, 0.3) is 5.65 Å². The molecule has 158 valence electrons. The van der Waals surface area contributed by atoms with Crippen LogP contribution < -0.4 is 16.3 Å². The Labute approximate surface area is 181 Å². The molecule has 0 spiro atoms. The maximum atomic E-state index is 13.3. The van der Waals surface area contributed by atoms with Gasteiger partial charge >= 0.3 is 5.69 Å². The van der Waals surface area contributed by atoms with Crippen molar-refractivity contribution in [1.82, 2.24) is 19.2 Å². The SMILES string of the molecule is Cc1ccc(Nc2nc(C)cc3nn(CC(=O)Nc4ccc(F)c(Cl)c4)c(=O)n23)cc1. The molecule has 2 aromatic carbocycles. The normalized spacial score (nSPS) is 11.0.